The number of rotatable bonds is 5. The van der Waals surface area contributed by atoms with Gasteiger partial charge in [-0.05, 0) is 13.8 Å². The molecular formula is C8H14F2N4. The fourth-order valence-corrected chi connectivity index (χ4v) is 1.02. The molecule has 1 N–H and O–H groups in total. The summed E-state index contributed by atoms with van der Waals surface area (Å²) >= 11 is 0. The topological polar surface area (TPSA) is 42.7 Å². The van der Waals surface area contributed by atoms with Crippen LogP contribution in [0.1, 0.15) is 19.7 Å². The van der Waals surface area contributed by atoms with Crippen molar-refractivity contribution >= 4 is 0 Å². The zero-order chi connectivity index (χ0) is 10.6. The Bertz CT molecular complexity index is 274. The van der Waals surface area contributed by atoms with E-state index in [4.69, 9.17) is 0 Å². The second-order valence-corrected chi connectivity index (χ2v) is 3.04. The lowest BCUT2D eigenvalue weighted by Gasteiger charge is -2.12. The first-order valence-corrected chi connectivity index (χ1v) is 4.53. The molecule has 0 amide bonds. The molecule has 1 unspecified atom stereocenters. The van der Waals surface area contributed by atoms with Gasteiger partial charge in [0.2, 0.25) is 0 Å². The van der Waals surface area contributed by atoms with Gasteiger partial charge in [0.05, 0.1) is 12.6 Å². The van der Waals surface area contributed by atoms with Gasteiger partial charge in [-0.25, -0.2) is 8.78 Å². The smallest absolute Gasteiger partial charge is 0.253 e. The molecule has 4 nitrogen and oxygen atoms in total. The van der Waals surface area contributed by atoms with Crippen molar-refractivity contribution < 1.29 is 8.78 Å². The molecule has 0 bridgehead atoms. The highest BCUT2D eigenvalue weighted by atomic mass is 19.3. The highest BCUT2D eigenvalue weighted by Crippen LogP contribution is 2.01. The van der Waals surface area contributed by atoms with E-state index in [1.807, 2.05) is 11.5 Å². The molecule has 0 saturated carbocycles. The summed E-state index contributed by atoms with van der Waals surface area (Å²) in [5.74, 6) is 0.681. The molecular weight excluding hydrogens is 190 g/mol. The molecule has 1 atom stereocenters. The van der Waals surface area contributed by atoms with E-state index in [2.05, 4.69) is 15.5 Å². The molecule has 0 radical (unpaired) electrons. The third-order valence-electron chi connectivity index (χ3n) is 2.00. The third kappa shape index (κ3) is 2.73. The predicted molar refractivity (Wildman–Crippen MR) is 48.0 cm³/mol. The average molecular weight is 204 g/mol. The van der Waals surface area contributed by atoms with E-state index in [1.165, 1.54) is 6.92 Å². The van der Waals surface area contributed by atoms with Crippen LogP contribution < -0.4 is 5.32 Å². The number of aryl methyl sites for hydroxylation is 1. The maximum absolute atomic E-state index is 12.1. The van der Waals surface area contributed by atoms with E-state index in [1.54, 1.807) is 6.33 Å². The van der Waals surface area contributed by atoms with Crippen LogP contribution in [0.5, 0.6) is 0 Å². The zero-order valence-electron chi connectivity index (χ0n) is 8.24. The van der Waals surface area contributed by atoms with Crippen LogP contribution in [-0.2, 0) is 13.1 Å². The molecule has 6 heteroatoms. The monoisotopic (exact) mass is 204 g/mol. The number of halogens is 2. The standard InChI is InChI=1S/C8H14F2N4/c1-3-14-5-12-13-7(14)4-11-6(2)8(9)10/h5-6,8,11H,3-4H2,1-2H3. The Labute approximate surface area is 81.3 Å². The van der Waals surface area contributed by atoms with Gasteiger partial charge in [0.1, 0.15) is 12.2 Å². The van der Waals surface area contributed by atoms with E-state index in [0.717, 1.165) is 6.54 Å². The lowest BCUT2D eigenvalue weighted by atomic mass is 10.3. The van der Waals surface area contributed by atoms with Crippen LogP contribution in [0.15, 0.2) is 6.33 Å². The first-order chi connectivity index (χ1) is 6.65. The third-order valence-corrected chi connectivity index (χ3v) is 2.00. The van der Waals surface area contributed by atoms with Gasteiger partial charge >= 0.3 is 0 Å². The summed E-state index contributed by atoms with van der Waals surface area (Å²) < 4.78 is 26.1. The highest BCUT2D eigenvalue weighted by molar-refractivity contribution is 4.85. The van der Waals surface area contributed by atoms with Crippen LogP contribution in [-0.4, -0.2) is 27.2 Å². The van der Waals surface area contributed by atoms with Crippen molar-refractivity contribution in [3.63, 3.8) is 0 Å². The number of alkyl halides is 2. The van der Waals surface area contributed by atoms with Crippen molar-refractivity contribution in [2.45, 2.75) is 39.4 Å². The summed E-state index contributed by atoms with van der Waals surface area (Å²) in [6, 6.07) is -0.822. The number of hydrogen-bond donors (Lipinski definition) is 1. The molecule has 0 aliphatic heterocycles. The maximum atomic E-state index is 12.1. The molecule has 1 heterocycles. The van der Waals surface area contributed by atoms with Gasteiger partial charge < -0.3 is 9.88 Å². The van der Waals surface area contributed by atoms with E-state index >= 15 is 0 Å². The van der Waals surface area contributed by atoms with Crippen molar-refractivity contribution in [3.05, 3.63) is 12.2 Å². The van der Waals surface area contributed by atoms with Crippen LogP contribution in [0.4, 0.5) is 8.78 Å². The molecule has 0 aliphatic rings. The van der Waals surface area contributed by atoms with Gasteiger partial charge in [0.15, 0.2) is 0 Å². The van der Waals surface area contributed by atoms with Crippen LogP contribution >= 0.6 is 0 Å². The van der Waals surface area contributed by atoms with Gasteiger partial charge in [-0.1, -0.05) is 0 Å². The van der Waals surface area contributed by atoms with Gasteiger partial charge in [-0.3, -0.25) is 0 Å². The minimum atomic E-state index is -2.35. The molecule has 80 valence electrons. The lowest BCUT2D eigenvalue weighted by molar-refractivity contribution is 0.105. The summed E-state index contributed by atoms with van der Waals surface area (Å²) in [6.45, 7) is 4.45. The minimum Gasteiger partial charge on any atom is -0.317 e. The van der Waals surface area contributed by atoms with Gasteiger partial charge in [-0.15, -0.1) is 10.2 Å². The summed E-state index contributed by atoms with van der Waals surface area (Å²) in [5.41, 5.74) is 0. The number of hydrogen-bond acceptors (Lipinski definition) is 3. The Morgan fingerprint density at radius 1 is 1.57 bits per heavy atom. The van der Waals surface area contributed by atoms with Crippen LogP contribution in [0, 0.1) is 0 Å². The van der Waals surface area contributed by atoms with Crippen LogP contribution in [0.3, 0.4) is 0 Å². The fourth-order valence-electron chi connectivity index (χ4n) is 1.02. The molecule has 1 aromatic rings. The molecule has 0 aromatic carbocycles. The Hall–Kier alpha value is -1.04. The van der Waals surface area contributed by atoms with Crippen LogP contribution in [0.2, 0.25) is 0 Å². The van der Waals surface area contributed by atoms with Crippen molar-refractivity contribution in [1.29, 1.82) is 0 Å². The van der Waals surface area contributed by atoms with Crippen molar-refractivity contribution in [3.8, 4) is 0 Å². The van der Waals surface area contributed by atoms with Gasteiger partial charge in [-0.2, -0.15) is 0 Å². The number of nitrogens with one attached hydrogen (secondary N) is 1. The van der Waals surface area contributed by atoms with Crippen molar-refractivity contribution in [2.75, 3.05) is 0 Å². The summed E-state index contributed by atoms with van der Waals surface area (Å²) in [6.07, 6.45) is -0.766. The fraction of sp³-hybridized carbons (Fsp3) is 0.750. The first-order valence-electron chi connectivity index (χ1n) is 4.53. The average Bonchev–Trinajstić information content (AvgIpc) is 2.60. The molecule has 0 saturated heterocycles. The summed E-state index contributed by atoms with van der Waals surface area (Å²) in [4.78, 5) is 0. The normalized spacial score (nSPS) is 13.5. The van der Waals surface area contributed by atoms with E-state index in [0.29, 0.717) is 12.4 Å². The Kier molecular flexibility index (Phi) is 3.94. The van der Waals surface area contributed by atoms with Crippen LogP contribution in [0.25, 0.3) is 0 Å². The lowest BCUT2D eigenvalue weighted by Crippen LogP contribution is -2.32. The van der Waals surface area contributed by atoms with Crippen molar-refractivity contribution in [2.24, 2.45) is 0 Å². The summed E-state index contributed by atoms with van der Waals surface area (Å²) in [7, 11) is 0. The van der Waals surface area contributed by atoms with E-state index < -0.39 is 12.5 Å². The van der Waals surface area contributed by atoms with Gasteiger partial charge in [0, 0.05) is 6.54 Å². The minimum absolute atomic E-state index is 0.319. The predicted octanol–water partition coefficient (Wildman–Crippen LogP) is 1.04. The molecule has 1 aromatic heterocycles. The Morgan fingerprint density at radius 2 is 2.29 bits per heavy atom. The molecule has 14 heavy (non-hydrogen) atoms. The largest absolute Gasteiger partial charge is 0.317 e. The molecule has 0 fully saturated rings. The zero-order valence-corrected chi connectivity index (χ0v) is 8.24. The second-order valence-electron chi connectivity index (χ2n) is 3.04. The molecule has 0 spiro atoms. The highest BCUT2D eigenvalue weighted by Gasteiger charge is 2.14. The number of nitrogens with zero attached hydrogens (tertiary/aromatic N) is 3. The summed E-state index contributed by atoms with van der Waals surface area (Å²) in [5, 5.41) is 10.2. The quantitative estimate of drug-likeness (QED) is 0.779. The van der Waals surface area contributed by atoms with Crippen molar-refractivity contribution in [1.82, 2.24) is 20.1 Å². The second kappa shape index (κ2) is 4.99. The SMILES string of the molecule is CCn1cnnc1CNC(C)C(F)F. The molecule has 0 aliphatic carbocycles. The van der Waals surface area contributed by atoms with Gasteiger partial charge in [0.25, 0.3) is 6.43 Å². The maximum Gasteiger partial charge on any atom is 0.253 e. The Balaban J connectivity index is 2.45. The number of aromatic nitrogens is 3. The molecule has 1 rings (SSSR count). The Morgan fingerprint density at radius 3 is 2.86 bits per heavy atom. The first kappa shape index (κ1) is 11.0. The van der Waals surface area contributed by atoms with E-state index in [-0.39, 0.29) is 0 Å². The van der Waals surface area contributed by atoms with E-state index in [9.17, 15) is 8.78 Å².